The van der Waals surface area contributed by atoms with E-state index in [1.165, 1.54) is 6.07 Å². The van der Waals surface area contributed by atoms with Gasteiger partial charge in [0.2, 0.25) is 0 Å². The summed E-state index contributed by atoms with van der Waals surface area (Å²) < 4.78 is 33.1. The van der Waals surface area contributed by atoms with E-state index in [9.17, 15) is 18.7 Å². The molecule has 2 heterocycles. The van der Waals surface area contributed by atoms with Gasteiger partial charge in [-0.3, -0.25) is 9.78 Å². The monoisotopic (exact) mass is 508 g/mol. The van der Waals surface area contributed by atoms with Crippen molar-refractivity contribution >= 4 is 11.7 Å². The van der Waals surface area contributed by atoms with Gasteiger partial charge >= 0.3 is 5.97 Å². The Morgan fingerprint density at radius 3 is 2.38 bits per heavy atom. The minimum atomic E-state index is -0.878. The lowest BCUT2D eigenvalue weighted by Gasteiger charge is -2.40. The average molecular weight is 509 g/mol. The molecular weight excluding hydrogens is 474 g/mol. The molecular formula is C30H34F2N2O3. The molecule has 0 bridgehead atoms. The molecule has 1 saturated heterocycles. The molecule has 2 aromatic carbocycles. The highest BCUT2D eigenvalue weighted by Gasteiger charge is 2.30. The number of benzene rings is 2. The van der Waals surface area contributed by atoms with Gasteiger partial charge < -0.3 is 14.7 Å². The van der Waals surface area contributed by atoms with Crippen molar-refractivity contribution in [2.75, 3.05) is 24.6 Å². The van der Waals surface area contributed by atoms with Crippen LogP contribution in [0.15, 0.2) is 42.5 Å². The Morgan fingerprint density at radius 1 is 1.05 bits per heavy atom. The van der Waals surface area contributed by atoms with Gasteiger partial charge in [-0.05, 0) is 73.6 Å². The van der Waals surface area contributed by atoms with Crippen LogP contribution in [0.5, 0.6) is 5.75 Å². The Balaban J connectivity index is 1.61. The lowest BCUT2D eigenvalue weighted by molar-refractivity contribution is -0.136. The number of rotatable bonds is 8. The molecule has 1 aromatic heterocycles. The third kappa shape index (κ3) is 6.27. The van der Waals surface area contributed by atoms with Crippen LogP contribution in [-0.4, -0.2) is 35.8 Å². The van der Waals surface area contributed by atoms with E-state index in [0.29, 0.717) is 5.75 Å². The van der Waals surface area contributed by atoms with E-state index in [0.717, 1.165) is 71.8 Å². The van der Waals surface area contributed by atoms with Crippen molar-refractivity contribution in [3.8, 4) is 16.9 Å². The third-order valence-corrected chi connectivity index (χ3v) is 7.21. The number of piperidine rings is 1. The van der Waals surface area contributed by atoms with Crippen molar-refractivity contribution in [3.63, 3.8) is 0 Å². The topological polar surface area (TPSA) is 62.7 Å². The summed E-state index contributed by atoms with van der Waals surface area (Å²) in [7, 11) is 0. The van der Waals surface area contributed by atoms with E-state index in [1.54, 1.807) is 0 Å². The fourth-order valence-corrected chi connectivity index (χ4v) is 4.99. The second-order valence-electron chi connectivity index (χ2n) is 10.6. The van der Waals surface area contributed by atoms with Crippen LogP contribution in [0.4, 0.5) is 14.5 Å². The standard InChI is InChI=1S/C30H34F2N2O3/c1-19-25(18-27(35)36)29(34-14-12-30(3,4)13-15-34)28(20(2)33-19)21-5-8-24(9-6-21)37-16-11-22-17-23(31)7-10-26(22)32/h5-10,17H,11-16,18H2,1-4H3,(H,35,36). The fraction of sp³-hybridized carbons (Fsp3) is 0.400. The number of anilines is 1. The Kier molecular flexibility index (Phi) is 7.81. The van der Waals surface area contributed by atoms with E-state index in [1.807, 2.05) is 38.1 Å². The van der Waals surface area contributed by atoms with Crippen molar-refractivity contribution in [2.45, 2.75) is 53.4 Å². The zero-order valence-electron chi connectivity index (χ0n) is 21.9. The lowest BCUT2D eigenvalue weighted by atomic mass is 9.82. The van der Waals surface area contributed by atoms with Crippen molar-refractivity contribution < 1.29 is 23.4 Å². The Hall–Kier alpha value is -3.48. The van der Waals surface area contributed by atoms with E-state index < -0.39 is 17.6 Å². The summed E-state index contributed by atoms with van der Waals surface area (Å²) in [5.41, 5.74) is 5.71. The summed E-state index contributed by atoms with van der Waals surface area (Å²) in [6.45, 7) is 10.3. The Labute approximate surface area is 217 Å². The van der Waals surface area contributed by atoms with E-state index in [2.05, 4.69) is 18.7 Å². The summed E-state index contributed by atoms with van der Waals surface area (Å²) in [6, 6.07) is 11.0. The molecule has 3 aromatic rings. The van der Waals surface area contributed by atoms with Gasteiger partial charge in [0.25, 0.3) is 0 Å². The normalized spacial score (nSPS) is 15.0. The summed E-state index contributed by atoms with van der Waals surface area (Å²) in [5.74, 6) is -1.19. The van der Waals surface area contributed by atoms with Crippen molar-refractivity contribution in [1.29, 1.82) is 0 Å². The molecule has 4 rings (SSSR count). The largest absolute Gasteiger partial charge is 0.493 e. The molecule has 0 spiro atoms. The summed E-state index contributed by atoms with van der Waals surface area (Å²) >= 11 is 0. The number of hydrogen-bond donors (Lipinski definition) is 1. The number of aryl methyl sites for hydroxylation is 2. The maximum absolute atomic E-state index is 13.9. The first-order chi connectivity index (χ1) is 17.5. The van der Waals surface area contributed by atoms with E-state index in [4.69, 9.17) is 9.72 Å². The van der Waals surface area contributed by atoms with Gasteiger partial charge in [0.1, 0.15) is 17.4 Å². The van der Waals surface area contributed by atoms with Crippen LogP contribution in [0.25, 0.3) is 11.1 Å². The average Bonchev–Trinajstić information content (AvgIpc) is 2.83. The number of nitrogens with zero attached hydrogens (tertiary/aromatic N) is 2. The van der Waals surface area contributed by atoms with E-state index in [-0.39, 0.29) is 30.4 Å². The minimum absolute atomic E-state index is 0.0842. The second kappa shape index (κ2) is 10.9. The summed E-state index contributed by atoms with van der Waals surface area (Å²) in [5, 5.41) is 9.65. The molecule has 37 heavy (non-hydrogen) atoms. The smallest absolute Gasteiger partial charge is 0.307 e. The van der Waals surface area contributed by atoms with Gasteiger partial charge in [-0.15, -0.1) is 0 Å². The molecule has 0 radical (unpaired) electrons. The molecule has 196 valence electrons. The number of aromatic nitrogens is 1. The second-order valence-corrected chi connectivity index (χ2v) is 10.6. The number of carbonyl (C=O) groups is 1. The molecule has 0 saturated carbocycles. The molecule has 5 nitrogen and oxygen atoms in total. The van der Waals surface area contributed by atoms with Gasteiger partial charge in [-0.2, -0.15) is 0 Å². The molecule has 1 aliphatic rings. The number of pyridine rings is 1. The third-order valence-electron chi connectivity index (χ3n) is 7.21. The zero-order valence-corrected chi connectivity index (χ0v) is 21.9. The minimum Gasteiger partial charge on any atom is -0.493 e. The highest BCUT2D eigenvalue weighted by Crippen LogP contribution is 2.41. The van der Waals surface area contributed by atoms with Gasteiger partial charge in [0, 0.05) is 42.0 Å². The van der Waals surface area contributed by atoms with Crippen molar-refractivity contribution in [1.82, 2.24) is 4.98 Å². The van der Waals surface area contributed by atoms with Gasteiger partial charge in [-0.25, -0.2) is 8.78 Å². The zero-order chi connectivity index (χ0) is 26.7. The first-order valence-corrected chi connectivity index (χ1v) is 12.7. The predicted molar refractivity (Wildman–Crippen MR) is 141 cm³/mol. The van der Waals surface area contributed by atoms with Crippen molar-refractivity contribution in [3.05, 3.63) is 76.6 Å². The van der Waals surface area contributed by atoms with Crippen LogP contribution in [-0.2, 0) is 17.6 Å². The first kappa shape index (κ1) is 26.6. The van der Waals surface area contributed by atoms with E-state index >= 15 is 0 Å². The fourth-order valence-electron chi connectivity index (χ4n) is 4.99. The predicted octanol–water partition coefficient (Wildman–Crippen LogP) is 6.52. The van der Waals surface area contributed by atoms with Gasteiger partial charge in [-0.1, -0.05) is 26.0 Å². The van der Waals surface area contributed by atoms with Crippen LogP contribution in [0.2, 0.25) is 0 Å². The molecule has 1 aliphatic heterocycles. The van der Waals surface area contributed by atoms with Crippen LogP contribution in [0, 0.1) is 30.9 Å². The lowest BCUT2D eigenvalue weighted by Crippen LogP contribution is -2.38. The molecule has 0 unspecified atom stereocenters. The van der Waals surface area contributed by atoms with Crippen LogP contribution in [0.3, 0.4) is 0 Å². The van der Waals surface area contributed by atoms with Gasteiger partial charge in [0.05, 0.1) is 18.7 Å². The number of halogens is 2. The Morgan fingerprint density at radius 2 is 1.73 bits per heavy atom. The van der Waals surface area contributed by atoms with Crippen LogP contribution < -0.4 is 9.64 Å². The molecule has 0 atom stereocenters. The highest BCUT2D eigenvalue weighted by atomic mass is 19.1. The Bertz CT molecular complexity index is 1280. The SMILES string of the molecule is Cc1nc(C)c(-c2ccc(OCCc3cc(F)ccc3F)cc2)c(N2CCC(C)(C)CC2)c1CC(=O)O. The molecule has 0 aliphatic carbocycles. The number of carboxylic acids is 1. The first-order valence-electron chi connectivity index (χ1n) is 12.7. The maximum Gasteiger partial charge on any atom is 0.307 e. The number of ether oxygens (including phenoxy) is 1. The van der Waals surface area contributed by atoms with Crippen molar-refractivity contribution in [2.24, 2.45) is 5.41 Å². The summed E-state index contributed by atoms with van der Waals surface area (Å²) in [4.78, 5) is 18.8. The highest BCUT2D eigenvalue weighted by molar-refractivity contribution is 5.86. The molecule has 1 fully saturated rings. The summed E-state index contributed by atoms with van der Waals surface area (Å²) in [6.07, 6.45) is 2.22. The van der Waals surface area contributed by atoms with Crippen LogP contribution in [0.1, 0.15) is 49.2 Å². The molecule has 1 N–H and O–H groups in total. The number of hydrogen-bond acceptors (Lipinski definition) is 4. The number of aliphatic carboxylic acids is 1. The van der Waals surface area contributed by atoms with Gasteiger partial charge in [0.15, 0.2) is 0 Å². The quantitative estimate of drug-likeness (QED) is 0.375. The maximum atomic E-state index is 13.9. The molecule has 7 heteroatoms. The number of carboxylic acid groups (broad SMARTS) is 1. The van der Waals surface area contributed by atoms with Crippen LogP contribution >= 0.6 is 0 Å². The molecule has 0 amide bonds.